The summed E-state index contributed by atoms with van der Waals surface area (Å²) < 4.78 is 16.6. The molecule has 0 spiro atoms. The lowest BCUT2D eigenvalue weighted by molar-refractivity contribution is -0.114. The smallest absolute Gasteiger partial charge is 0.281 e. The number of nitrogens with zero attached hydrogens (tertiary/aromatic N) is 2. The van der Waals surface area contributed by atoms with Gasteiger partial charge in [0.1, 0.15) is 24.7 Å². The molecule has 0 saturated heterocycles. The van der Waals surface area contributed by atoms with Crippen LogP contribution in [0.25, 0.3) is 6.08 Å². The lowest BCUT2D eigenvalue weighted by atomic mass is 10.00. The Bertz CT molecular complexity index is 1180. The topological polar surface area (TPSA) is 60.4 Å². The molecule has 0 aromatic heterocycles. The summed E-state index contributed by atoms with van der Waals surface area (Å²) in [5, 5.41) is 6.10. The first-order valence-electron chi connectivity index (χ1n) is 9.97. The van der Waals surface area contributed by atoms with Gasteiger partial charge in [-0.25, -0.2) is 0 Å². The summed E-state index contributed by atoms with van der Waals surface area (Å²) in [6.07, 6.45) is 1.84. The van der Waals surface area contributed by atoms with Crippen LogP contribution in [-0.2, 0) is 4.79 Å². The van der Waals surface area contributed by atoms with Crippen molar-refractivity contribution in [2.45, 2.75) is 0 Å². The zero-order valence-electron chi connectivity index (χ0n) is 16.9. The van der Waals surface area contributed by atoms with Gasteiger partial charge in [0.2, 0.25) is 0 Å². The molecular formula is C25H20N2O4. The number of hydrogen-bond donors (Lipinski definition) is 0. The molecule has 3 aromatic rings. The van der Waals surface area contributed by atoms with Crippen molar-refractivity contribution in [3.8, 4) is 17.2 Å². The molecule has 5 rings (SSSR count). The van der Waals surface area contributed by atoms with Crippen molar-refractivity contribution < 1.29 is 19.0 Å². The zero-order chi connectivity index (χ0) is 21.2. The number of para-hydroxylation sites is 1. The van der Waals surface area contributed by atoms with Crippen LogP contribution in [0.2, 0.25) is 0 Å². The van der Waals surface area contributed by atoms with E-state index in [0.717, 1.165) is 16.9 Å². The highest BCUT2D eigenvalue weighted by Crippen LogP contribution is 2.33. The van der Waals surface area contributed by atoms with E-state index in [4.69, 9.17) is 14.2 Å². The van der Waals surface area contributed by atoms with Crippen molar-refractivity contribution in [2.75, 3.05) is 25.3 Å². The van der Waals surface area contributed by atoms with Gasteiger partial charge in [0, 0.05) is 5.56 Å². The minimum absolute atomic E-state index is 0.188. The van der Waals surface area contributed by atoms with E-state index in [2.05, 4.69) is 5.10 Å². The minimum Gasteiger partial charge on any atom is -0.497 e. The van der Waals surface area contributed by atoms with Crippen LogP contribution in [0, 0.1) is 0 Å². The normalized spacial score (nSPS) is 16.4. The fourth-order valence-electron chi connectivity index (χ4n) is 3.57. The molecule has 0 radical (unpaired) electrons. The van der Waals surface area contributed by atoms with Crippen LogP contribution in [0.1, 0.15) is 11.1 Å². The molecule has 0 bridgehead atoms. The third-order valence-corrected chi connectivity index (χ3v) is 5.12. The second-order valence-corrected chi connectivity index (χ2v) is 7.09. The maximum absolute atomic E-state index is 13.4. The van der Waals surface area contributed by atoms with Crippen LogP contribution in [0.4, 0.5) is 5.69 Å². The lowest BCUT2D eigenvalue weighted by Crippen LogP contribution is -2.21. The summed E-state index contributed by atoms with van der Waals surface area (Å²) >= 11 is 0. The third-order valence-electron chi connectivity index (χ3n) is 5.12. The van der Waals surface area contributed by atoms with Gasteiger partial charge in [-0.2, -0.15) is 10.1 Å². The van der Waals surface area contributed by atoms with E-state index < -0.39 is 0 Å². The SMILES string of the molecule is COc1ccc(C2=NN(c3ccccc3)C(=O)/C2=C\c2ccc3c(c2)OCCO3)cc1. The number of hydrazone groups is 1. The van der Waals surface area contributed by atoms with E-state index in [0.29, 0.717) is 41.7 Å². The quantitative estimate of drug-likeness (QED) is 0.600. The number of hydrogen-bond acceptors (Lipinski definition) is 5. The predicted molar refractivity (Wildman–Crippen MR) is 119 cm³/mol. The maximum Gasteiger partial charge on any atom is 0.281 e. The highest BCUT2D eigenvalue weighted by Gasteiger charge is 2.32. The average molecular weight is 412 g/mol. The molecule has 0 N–H and O–H groups in total. The molecule has 2 heterocycles. The van der Waals surface area contributed by atoms with Crippen molar-refractivity contribution in [3.63, 3.8) is 0 Å². The van der Waals surface area contributed by atoms with Crippen molar-refractivity contribution in [1.29, 1.82) is 0 Å². The van der Waals surface area contributed by atoms with Crippen LogP contribution < -0.4 is 19.2 Å². The number of rotatable bonds is 4. The number of amides is 1. The van der Waals surface area contributed by atoms with E-state index in [-0.39, 0.29) is 5.91 Å². The summed E-state index contributed by atoms with van der Waals surface area (Å²) in [7, 11) is 1.62. The molecule has 0 saturated carbocycles. The van der Waals surface area contributed by atoms with Gasteiger partial charge < -0.3 is 14.2 Å². The molecule has 0 atom stereocenters. The molecular weight excluding hydrogens is 392 g/mol. The van der Waals surface area contributed by atoms with Gasteiger partial charge in [-0.05, 0) is 60.2 Å². The van der Waals surface area contributed by atoms with Crippen LogP contribution >= 0.6 is 0 Å². The standard InChI is InChI=1S/C25H20N2O4/c1-29-20-10-8-18(9-11-20)24-21(25(28)27(26-24)19-5-3-2-4-6-19)15-17-7-12-22-23(16-17)31-14-13-30-22/h2-12,15-16H,13-14H2,1H3/b21-15-. The number of fused-ring (bicyclic) bond motifs is 1. The summed E-state index contributed by atoms with van der Waals surface area (Å²) in [5.74, 6) is 1.94. The number of anilines is 1. The van der Waals surface area contributed by atoms with E-state index >= 15 is 0 Å². The van der Waals surface area contributed by atoms with Gasteiger partial charge in [-0.3, -0.25) is 4.79 Å². The number of carbonyl (C=O) groups excluding carboxylic acids is 1. The first-order valence-corrected chi connectivity index (χ1v) is 9.97. The highest BCUT2D eigenvalue weighted by molar-refractivity contribution is 6.37. The summed E-state index contributed by atoms with van der Waals surface area (Å²) in [4.78, 5) is 13.4. The zero-order valence-corrected chi connectivity index (χ0v) is 16.9. The van der Waals surface area contributed by atoms with E-state index in [1.54, 1.807) is 7.11 Å². The number of ether oxygens (including phenoxy) is 3. The minimum atomic E-state index is -0.188. The average Bonchev–Trinajstić information content (AvgIpc) is 3.15. The van der Waals surface area contributed by atoms with Crippen molar-refractivity contribution in [2.24, 2.45) is 5.10 Å². The summed E-state index contributed by atoms with van der Waals surface area (Å²) in [6, 6.07) is 22.6. The van der Waals surface area contributed by atoms with Gasteiger partial charge >= 0.3 is 0 Å². The third kappa shape index (κ3) is 3.64. The maximum atomic E-state index is 13.4. The molecule has 154 valence electrons. The number of benzene rings is 3. The Balaban J connectivity index is 1.58. The molecule has 31 heavy (non-hydrogen) atoms. The van der Waals surface area contributed by atoms with Crippen LogP contribution in [0.3, 0.4) is 0 Å². The molecule has 6 heteroatoms. The Morgan fingerprint density at radius 3 is 2.42 bits per heavy atom. The highest BCUT2D eigenvalue weighted by atomic mass is 16.6. The van der Waals surface area contributed by atoms with Crippen molar-refractivity contribution >= 4 is 23.4 Å². The van der Waals surface area contributed by atoms with E-state index in [9.17, 15) is 4.79 Å². The Morgan fingerprint density at radius 1 is 0.935 bits per heavy atom. The second-order valence-electron chi connectivity index (χ2n) is 7.09. The van der Waals surface area contributed by atoms with Gasteiger partial charge in [-0.1, -0.05) is 24.3 Å². The fourth-order valence-corrected chi connectivity index (χ4v) is 3.57. The molecule has 0 fully saturated rings. The Morgan fingerprint density at radius 2 is 1.68 bits per heavy atom. The first kappa shape index (κ1) is 18.9. The molecule has 0 aliphatic carbocycles. The van der Waals surface area contributed by atoms with E-state index in [1.165, 1.54) is 5.01 Å². The predicted octanol–water partition coefficient (Wildman–Crippen LogP) is 4.30. The largest absolute Gasteiger partial charge is 0.497 e. The molecule has 2 aliphatic rings. The number of carbonyl (C=O) groups is 1. The fraction of sp³-hybridized carbons (Fsp3) is 0.120. The molecule has 2 aliphatic heterocycles. The van der Waals surface area contributed by atoms with Crippen LogP contribution in [0.15, 0.2) is 83.5 Å². The molecule has 0 unspecified atom stereocenters. The number of methoxy groups -OCH3 is 1. The lowest BCUT2D eigenvalue weighted by Gasteiger charge is -2.18. The van der Waals surface area contributed by atoms with Crippen molar-refractivity contribution in [3.05, 3.63) is 89.5 Å². The Kier molecular flexibility index (Phi) is 4.88. The molecule has 3 aromatic carbocycles. The van der Waals surface area contributed by atoms with E-state index in [1.807, 2.05) is 78.9 Å². The summed E-state index contributed by atoms with van der Waals surface area (Å²) in [6.45, 7) is 1.04. The molecule has 6 nitrogen and oxygen atoms in total. The monoisotopic (exact) mass is 412 g/mol. The van der Waals surface area contributed by atoms with Crippen LogP contribution in [-0.4, -0.2) is 31.9 Å². The van der Waals surface area contributed by atoms with Crippen molar-refractivity contribution in [1.82, 2.24) is 0 Å². The second kappa shape index (κ2) is 7.99. The first-order chi connectivity index (χ1) is 15.2. The van der Waals surface area contributed by atoms with Gasteiger partial charge in [0.05, 0.1) is 18.4 Å². The molecule has 1 amide bonds. The van der Waals surface area contributed by atoms with Gasteiger partial charge in [-0.15, -0.1) is 0 Å². The van der Waals surface area contributed by atoms with Crippen LogP contribution in [0.5, 0.6) is 17.2 Å². The van der Waals surface area contributed by atoms with Gasteiger partial charge in [0.15, 0.2) is 11.5 Å². The van der Waals surface area contributed by atoms with Gasteiger partial charge in [0.25, 0.3) is 5.91 Å². The Hall–Kier alpha value is -4.06. The summed E-state index contributed by atoms with van der Waals surface area (Å²) in [5.41, 5.74) is 3.49. The Labute approximate surface area is 180 Å².